The number of nitrogens with one attached hydrogen (secondary N) is 1. The minimum atomic E-state index is -0.308. The van der Waals surface area contributed by atoms with Gasteiger partial charge < -0.3 is 10.1 Å². The first kappa shape index (κ1) is 12.4. The lowest BCUT2D eigenvalue weighted by Gasteiger charge is -2.25. The van der Waals surface area contributed by atoms with Crippen LogP contribution in [0.3, 0.4) is 0 Å². The van der Waals surface area contributed by atoms with Crippen LogP contribution in [-0.2, 0) is 4.74 Å². The average molecular weight is 251 g/mol. The molecule has 1 aromatic heterocycles. The summed E-state index contributed by atoms with van der Waals surface area (Å²) in [6, 6.07) is 0. The second kappa shape index (κ2) is 4.92. The zero-order chi connectivity index (χ0) is 11.5. The number of nitrogens with zero attached hydrogens (tertiary/aromatic N) is 3. The Labute approximate surface area is 98.2 Å². The summed E-state index contributed by atoms with van der Waals surface area (Å²) < 4.78 is 5.05. The molecule has 0 aliphatic rings. The van der Waals surface area contributed by atoms with Gasteiger partial charge in [0.05, 0.1) is 12.1 Å². The highest BCUT2D eigenvalue weighted by atomic mass is 35.5. The Morgan fingerprint density at radius 1 is 1.33 bits per heavy atom. The van der Waals surface area contributed by atoms with Gasteiger partial charge in [0, 0.05) is 7.11 Å². The molecule has 0 bridgehead atoms. The van der Waals surface area contributed by atoms with Crippen LogP contribution in [0.4, 0.5) is 5.82 Å². The number of rotatable bonds is 4. The molecule has 0 aliphatic carbocycles. The fourth-order valence-corrected chi connectivity index (χ4v) is 1.34. The van der Waals surface area contributed by atoms with E-state index >= 15 is 0 Å². The zero-order valence-electron chi connectivity index (χ0n) is 8.71. The van der Waals surface area contributed by atoms with E-state index in [1.54, 1.807) is 7.11 Å². The van der Waals surface area contributed by atoms with Gasteiger partial charge in [-0.05, 0) is 25.4 Å². The van der Waals surface area contributed by atoms with E-state index in [0.717, 1.165) is 0 Å². The number of anilines is 1. The maximum Gasteiger partial charge on any atom is 0.245 e. The molecule has 1 aromatic rings. The molecular weight excluding hydrogens is 239 g/mol. The Bertz CT molecular complexity index is 345. The summed E-state index contributed by atoms with van der Waals surface area (Å²) in [6.45, 7) is 4.40. The Kier molecular flexibility index (Phi) is 4.07. The molecule has 7 heteroatoms. The van der Waals surface area contributed by atoms with Crippen molar-refractivity contribution in [3.8, 4) is 0 Å². The van der Waals surface area contributed by atoms with Gasteiger partial charge in [-0.15, -0.1) is 10.2 Å². The molecule has 0 aliphatic heterocycles. The van der Waals surface area contributed by atoms with Gasteiger partial charge >= 0.3 is 0 Å². The van der Waals surface area contributed by atoms with E-state index in [-0.39, 0.29) is 16.0 Å². The van der Waals surface area contributed by atoms with E-state index in [2.05, 4.69) is 20.5 Å². The molecule has 0 radical (unpaired) electrons. The summed E-state index contributed by atoms with van der Waals surface area (Å²) in [5.41, 5.74) is -0.308. The van der Waals surface area contributed by atoms with Crippen LogP contribution < -0.4 is 5.32 Å². The van der Waals surface area contributed by atoms with Crippen molar-refractivity contribution in [1.29, 1.82) is 0 Å². The highest BCUT2D eigenvalue weighted by molar-refractivity contribution is 6.32. The summed E-state index contributed by atoms with van der Waals surface area (Å²) >= 11 is 11.4. The number of halogens is 2. The van der Waals surface area contributed by atoms with Gasteiger partial charge in [0.2, 0.25) is 5.28 Å². The van der Waals surface area contributed by atoms with Crippen LogP contribution in [0.5, 0.6) is 0 Å². The van der Waals surface area contributed by atoms with Gasteiger partial charge in [-0.25, -0.2) is 0 Å². The van der Waals surface area contributed by atoms with E-state index in [1.165, 1.54) is 0 Å². The van der Waals surface area contributed by atoms with Crippen LogP contribution in [-0.4, -0.2) is 34.4 Å². The average Bonchev–Trinajstić information content (AvgIpc) is 2.10. The fourth-order valence-electron chi connectivity index (χ4n) is 1.09. The van der Waals surface area contributed by atoms with Crippen molar-refractivity contribution in [3.05, 3.63) is 10.4 Å². The summed E-state index contributed by atoms with van der Waals surface area (Å²) in [6.07, 6.45) is 0. The fraction of sp³-hybridized carbons (Fsp3) is 0.625. The molecule has 0 saturated heterocycles. The third-order valence-corrected chi connectivity index (χ3v) is 2.00. The minimum Gasteiger partial charge on any atom is -0.382 e. The first-order valence-electron chi connectivity index (χ1n) is 4.27. The maximum absolute atomic E-state index is 5.80. The predicted molar refractivity (Wildman–Crippen MR) is 59.4 cm³/mol. The van der Waals surface area contributed by atoms with Gasteiger partial charge in [-0.2, -0.15) is 4.98 Å². The molecule has 0 amide bonds. The van der Waals surface area contributed by atoms with Crippen molar-refractivity contribution in [2.45, 2.75) is 19.4 Å². The molecule has 1 rings (SSSR count). The lowest BCUT2D eigenvalue weighted by molar-refractivity contribution is 0.158. The topological polar surface area (TPSA) is 59.9 Å². The van der Waals surface area contributed by atoms with Crippen LogP contribution in [0.15, 0.2) is 0 Å². The zero-order valence-corrected chi connectivity index (χ0v) is 10.2. The van der Waals surface area contributed by atoms with E-state index < -0.39 is 0 Å². The largest absolute Gasteiger partial charge is 0.382 e. The Balaban J connectivity index is 2.83. The SMILES string of the molecule is COCC(C)(C)Nc1nc(Cl)nnc1Cl. The molecule has 0 saturated carbocycles. The molecule has 0 atom stereocenters. The van der Waals surface area contributed by atoms with Crippen molar-refractivity contribution in [2.24, 2.45) is 0 Å². The van der Waals surface area contributed by atoms with Crippen molar-refractivity contribution in [2.75, 3.05) is 19.0 Å². The summed E-state index contributed by atoms with van der Waals surface area (Å²) in [7, 11) is 1.62. The second-order valence-electron chi connectivity index (χ2n) is 3.66. The van der Waals surface area contributed by atoms with Crippen molar-refractivity contribution in [1.82, 2.24) is 15.2 Å². The molecule has 1 N–H and O–H groups in total. The number of methoxy groups -OCH3 is 1. The Morgan fingerprint density at radius 2 is 2.00 bits per heavy atom. The second-order valence-corrected chi connectivity index (χ2v) is 4.36. The third kappa shape index (κ3) is 3.77. The Morgan fingerprint density at radius 3 is 2.60 bits per heavy atom. The highest BCUT2D eigenvalue weighted by Crippen LogP contribution is 2.20. The monoisotopic (exact) mass is 250 g/mol. The lowest BCUT2D eigenvalue weighted by Crippen LogP contribution is -2.36. The smallest absolute Gasteiger partial charge is 0.245 e. The van der Waals surface area contributed by atoms with E-state index in [0.29, 0.717) is 12.4 Å². The molecule has 84 valence electrons. The quantitative estimate of drug-likeness (QED) is 0.886. The lowest BCUT2D eigenvalue weighted by atomic mass is 10.1. The van der Waals surface area contributed by atoms with Crippen LogP contribution in [0.25, 0.3) is 0 Å². The van der Waals surface area contributed by atoms with Crippen molar-refractivity contribution >= 4 is 29.0 Å². The molecule has 1 heterocycles. The molecule has 0 spiro atoms. The van der Waals surface area contributed by atoms with Gasteiger partial charge in [-0.1, -0.05) is 11.6 Å². The van der Waals surface area contributed by atoms with Gasteiger partial charge in [0.1, 0.15) is 0 Å². The molecular formula is C8H12Cl2N4O. The molecule has 0 aromatic carbocycles. The standard InChI is InChI=1S/C8H12Cl2N4O/c1-8(2,4-15-3)12-6-5(9)13-14-7(10)11-6/h4H2,1-3H3,(H,11,12,14). The van der Waals surface area contributed by atoms with Gasteiger partial charge in [0.15, 0.2) is 11.0 Å². The first-order valence-corrected chi connectivity index (χ1v) is 5.03. The number of ether oxygens (including phenoxy) is 1. The Hall–Kier alpha value is -0.650. The van der Waals surface area contributed by atoms with Gasteiger partial charge in [0.25, 0.3) is 0 Å². The van der Waals surface area contributed by atoms with E-state index in [1.807, 2.05) is 13.8 Å². The predicted octanol–water partition coefficient (Wildman–Crippen LogP) is 2.02. The third-order valence-electron chi connectivity index (χ3n) is 1.58. The van der Waals surface area contributed by atoms with E-state index in [4.69, 9.17) is 27.9 Å². The van der Waals surface area contributed by atoms with Crippen molar-refractivity contribution < 1.29 is 4.74 Å². The van der Waals surface area contributed by atoms with Crippen LogP contribution in [0.2, 0.25) is 10.4 Å². The van der Waals surface area contributed by atoms with Crippen LogP contribution in [0, 0.1) is 0 Å². The maximum atomic E-state index is 5.80. The summed E-state index contributed by atoms with van der Waals surface area (Å²) in [4.78, 5) is 3.93. The van der Waals surface area contributed by atoms with Crippen LogP contribution in [0.1, 0.15) is 13.8 Å². The number of aromatic nitrogens is 3. The minimum absolute atomic E-state index is 0.0510. The first-order chi connectivity index (χ1) is 6.94. The number of hydrogen-bond acceptors (Lipinski definition) is 5. The molecule has 0 fully saturated rings. The van der Waals surface area contributed by atoms with Crippen molar-refractivity contribution in [3.63, 3.8) is 0 Å². The molecule has 5 nitrogen and oxygen atoms in total. The summed E-state index contributed by atoms with van der Waals surface area (Å²) in [5, 5.41) is 10.5. The summed E-state index contributed by atoms with van der Waals surface area (Å²) in [5.74, 6) is 0.402. The molecule has 15 heavy (non-hydrogen) atoms. The normalized spacial score (nSPS) is 11.5. The van der Waals surface area contributed by atoms with Crippen LogP contribution >= 0.6 is 23.2 Å². The highest BCUT2D eigenvalue weighted by Gasteiger charge is 2.20. The molecule has 0 unspecified atom stereocenters. The van der Waals surface area contributed by atoms with E-state index in [9.17, 15) is 0 Å². The number of hydrogen-bond donors (Lipinski definition) is 1. The van der Waals surface area contributed by atoms with Gasteiger partial charge in [-0.3, -0.25) is 0 Å².